The Labute approximate surface area is 155 Å². The van der Waals surface area contributed by atoms with Crippen LogP contribution in [0.25, 0.3) is 11.1 Å². The summed E-state index contributed by atoms with van der Waals surface area (Å²) in [6, 6.07) is 15.6. The fourth-order valence-electron chi connectivity index (χ4n) is 5.40. The quantitative estimate of drug-likeness (QED) is 0.844. The zero-order valence-electron chi connectivity index (χ0n) is 15.4. The predicted octanol–water partition coefficient (Wildman–Crippen LogP) is 4.84. The first-order valence-electron chi connectivity index (χ1n) is 9.94. The molecule has 4 aliphatic rings. The van der Waals surface area contributed by atoms with E-state index in [4.69, 9.17) is 0 Å². The maximum absolute atomic E-state index is 11.5. The van der Waals surface area contributed by atoms with E-state index in [2.05, 4.69) is 46.6 Å². The Morgan fingerprint density at radius 1 is 0.923 bits per heavy atom. The summed E-state index contributed by atoms with van der Waals surface area (Å²) in [6.07, 6.45) is 5.59. The summed E-state index contributed by atoms with van der Waals surface area (Å²) in [5, 5.41) is 2.97. The fraction of sp³-hybridized carbons (Fsp3) is 0.435. The summed E-state index contributed by atoms with van der Waals surface area (Å²) in [4.78, 5) is 14.3. The molecule has 1 amide bonds. The van der Waals surface area contributed by atoms with Crippen molar-refractivity contribution in [2.45, 2.75) is 38.6 Å². The van der Waals surface area contributed by atoms with E-state index in [1.165, 1.54) is 61.0 Å². The lowest BCUT2D eigenvalue weighted by Crippen LogP contribution is -2.32. The number of hydrogen-bond donors (Lipinski definition) is 1. The average Bonchev–Trinajstić information content (AvgIpc) is 2.76. The Hall–Kier alpha value is -2.13. The van der Waals surface area contributed by atoms with Gasteiger partial charge in [-0.05, 0) is 71.9 Å². The Morgan fingerprint density at radius 2 is 1.58 bits per heavy atom. The normalized spacial score (nSPS) is 26.9. The molecule has 1 atom stereocenters. The van der Waals surface area contributed by atoms with E-state index in [9.17, 15) is 4.79 Å². The molecule has 26 heavy (non-hydrogen) atoms. The van der Waals surface area contributed by atoms with Crippen molar-refractivity contribution in [3.05, 3.63) is 53.6 Å². The smallest absolute Gasteiger partial charge is 0.221 e. The molecular formula is C23H26N2O. The summed E-state index contributed by atoms with van der Waals surface area (Å²) >= 11 is 0. The lowest BCUT2D eigenvalue weighted by Gasteiger charge is -2.31. The lowest BCUT2D eigenvalue weighted by atomic mass is 9.84. The van der Waals surface area contributed by atoms with Crippen molar-refractivity contribution in [3.63, 3.8) is 0 Å². The number of carbonyl (C=O) groups excluding carboxylic acids is 1. The van der Waals surface area contributed by atoms with Crippen LogP contribution in [0.5, 0.6) is 0 Å². The number of rotatable bonds is 2. The van der Waals surface area contributed by atoms with Gasteiger partial charge in [0.2, 0.25) is 5.91 Å². The molecule has 0 radical (unpaired) electrons. The SMILES string of the molecule is CC(=O)Nc1ccc2c(c1)[C@H](N1CC3CCC(CC3)C1)c1ccccc1-2. The van der Waals surface area contributed by atoms with E-state index >= 15 is 0 Å². The average molecular weight is 346 g/mol. The van der Waals surface area contributed by atoms with Crippen molar-refractivity contribution in [1.82, 2.24) is 4.90 Å². The fourth-order valence-corrected chi connectivity index (χ4v) is 5.40. The molecule has 1 saturated carbocycles. The zero-order valence-corrected chi connectivity index (χ0v) is 15.4. The second kappa shape index (κ2) is 6.24. The molecule has 3 nitrogen and oxygen atoms in total. The monoisotopic (exact) mass is 346 g/mol. The van der Waals surface area contributed by atoms with Gasteiger partial charge in [-0.2, -0.15) is 0 Å². The highest BCUT2D eigenvalue weighted by molar-refractivity contribution is 5.90. The van der Waals surface area contributed by atoms with Gasteiger partial charge in [-0.25, -0.2) is 0 Å². The maximum atomic E-state index is 11.5. The molecule has 2 saturated heterocycles. The van der Waals surface area contributed by atoms with Crippen LogP contribution >= 0.6 is 0 Å². The second-order valence-corrected chi connectivity index (χ2v) is 8.31. The molecule has 3 fully saturated rings. The van der Waals surface area contributed by atoms with Crippen LogP contribution in [0.15, 0.2) is 42.5 Å². The molecule has 2 aromatic carbocycles. The van der Waals surface area contributed by atoms with Crippen LogP contribution in [0.4, 0.5) is 5.69 Å². The molecule has 0 unspecified atom stereocenters. The van der Waals surface area contributed by atoms with Crippen LogP contribution < -0.4 is 5.32 Å². The van der Waals surface area contributed by atoms with Gasteiger partial charge in [-0.3, -0.25) is 9.69 Å². The molecule has 6 rings (SSSR count). The van der Waals surface area contributed by atoms with Gasteiger partial charge in [0.05, 0.1) is 6.04 Å². The van der Waals surface area contributed by atoms with E-state index in [0.717, 1.165) is 17.5 Å². The molecular weight excluding hydrogens is 320 g/mol. The summed E-state index contributed by atoms with van der Waals surface area (Å²) in [5.74, 6) is 1.69. The lowest BCUT2D eigenvalue weighted by molar-refractivity contribution is -0.114. The van der Waals surface area contributed by atoms with E-state index < -0.39 is 0 Å². The molecule has 0 aromatic heterocycles. The van der Waals surface area contributed by atoms with Crippen molar-refractivity contribution in [2.75, 3.05) is 18.4 Å². The summed E-state index contributed by atoms with van der Waals surface area (Å²) in [6.45, 7) is 3.99. The highest BCUT2D eigenvalue weighted by Crippen LogP contribution is 2.49. The van der Waals surface area contributed by atoms with Gasteiger partial charge in [-0.1, -0.05) is 30.3 Å². The molecule has 2 bridgehead atoms. The molecule has 0 spiro atoms. The number of nitrogens with zero attached hydrogens (tertiary/aromatic N) is 1. The first-order chi connectivity index (χ1) is 12.7. The first kappa shape index (κ1) is 16.1. The molecule has 2 aliphatic carbocycles. The molecule has 1 N–H and O–H groups in total. The summed E-state index contributed by atoms with van der Waals surface area (Å²) in [7, 11) is 0. The summed E-state index contributed by atoms with van der Waals surface area (Å²) < 4.78 is 0. The van der Waals surface area contributed by atoms with Crippen LogP contribution in [0.3, 0.4) is 0 Å². The highest BCUT2D eigenvalue weighted by Gasteiger charge is 2.38. The van der Waals surface area contributed by atoms with Gasteiger partial charge in [-0.15, -0.1) is 0 Å². The number of fused-ring (bicyclic) bond motifs is 7. The number of amides is 1. The number of carbonyl (C=O) groups is 1. The number of benzene rings is 2. The third-order valence-corrected chi connectivity index (χ3v) is 6.53. The maximum Gasteiger partial charge on any atom is 0.221 e. The predicted molar refractivity (Wildman–Crippen MR) is 105 cm³/mol. The van der Waals surface area contributed by atoms with Crippen LogP contribution in [0.2, 0.25) is 0 Å². The standard InChI is InChI=1S/C23H26N2O/c1-15(26)24-18-10-11-20-19-4-2-3-5-21(19)23(22(20)12-18)25-13-16-6-7-17(14-25)9-8-16/h2-5,10-12,16-17,23H,6-9,13-14H2,1H3,(H,24,26)/t16?,17?,23-/m1/s1. The Balaban J connectivity index is 1.59. The van der Waals surface area contributed by atoms with Gasteiger partial charge in [0.25, 0.3) is 0 Å². The number of nitrogens with one attached hydrogen (secondary N) is 1. The number of hydrogen-bond acceptors (Lipinski definition) is 2. The molecule has 2 heterocycles. The van der Waals surface area contributed by atoms with E-state index in [1.807, 2.05) is 6.07 Å². The van der Waals surface area contributed by atoms with Crippen molar-refractivity contribution in [2.24, 2.45) is 11.8 Å². The first-order valence-corrected chi connectivity index (χ1v) is 9.94. The van der Waals surface area contributed by atoms with Crippen LogP contribution in [0, 0.1) is 11.8 Å². The van der Waals surface area contributed by atoms with Gasteiger partial charge in [0, 0.05) is 25.7 Å². The Bertz CT molecular complexity index is 837. The molecule has 2 aliphatic heterocycles. The van der Waals surface area contributed by atoms with Gasteiger partial charge in [0.1, 0.15) is 0 Å². The zero-order chi connectivity index (χ0) is 17.7. The van der Waals surface area contributed by atoms with E-state index in [0.29, 0.717) is 6.04 Å². The third kappa shape index (κ3) is 2.66. The van der Waals surface area contributed by atoms with Crippen molar-refractivity contribution in [3.8, 4) is 11.1 Å². The Kier molecular flexibility index (Phi) is 3.86. The minimum absolute atomic E-state index is 0.00942. The van der Waals surface area contributed by atoms with Crippen molar-refractivity contribution >= 4 is 11.6 Å². The van der Waals surface area contributed by atoms with E-state index in [1.54, 1.807) is 6.92 Å². The van der Waals surface area contributed by atoms with Crippen LogP contribution in [-0.2, 0) is 4.79 Å². The molecule has 3 heteroatoms. The second-order valence-electron chi connectivity index (χ2n) is 8.31. The van der Waals surface area contributed by atoms with Gasteiger partial charge in [0.15, 0.2) is 0 Å². The summed E-state index contributed by atoms with van der Waals surface area (Å²) in [5.41, 5.74) is 6.39. The molecule has 2 aromatic rings. The van der Waals surface area contributed by atoms with Gasteiger partial charge >= 0.3 is 0 Å². The minimum Gasteiger partial charge on any atom is -0.326 e. The van der Waals surface area contributed by atoms with Crippen molar-refractivity contribution < 1.29 is 4.79 Å². The Morgan fingerprint density at radius 3 is 2.27 bits per heavy atom. The molecule has 134 valence electrons. The van der Waals surface area contributed by atoms with Crippen LogP contribution in [-0.4, -0.2) is 23.9 Å². The third-order valence-electron chi connectivity index (χ3n) is 6.53. The van der Waals surface area contributed by atoms with E-state index in [-0.39, 0.29) is 5.91 Å². The minimum atomic E-state index is -0.00942. The number of anilines is 1. The highest BCUT2D eigenvalue weighted by atomic mass is 16.1. The van der Waals surface area contributed by atoms with Gasteiger partial charge < -0.3 is 5.32 Å². The van der Waals surface area contributed by atoms with Crippen molar-refractivity contribution in [1.29, 1.82) is 0 Å². The largest absolute Gasteiger partial charge is 0.326 e. The topological polar surface area (TPSA) is 32.3 Å². The van der Waals surface area contributed by atoms with Crippen LogP contribution in [0.1, 0.15) is 49.8 Å².